The van der Waals surface area contributed by atoms with Gasteiger partial charge in [0.25, 0.3) is 0 Å². The molecule has 0 bridgehead atoms. The van der Waals surface area contributed by atoms with Crippen molar-refractivity contribution in [2.45, 2.75) is 43.5 Å². The second-order valence-electron chi connectivity index (χ2n) is 5.19. The summed E-state index contributed by atoms with van der Waals surface area (Å²) in [6.45, 7) is 0. The van der Waals surface area contributed by atoms with Crippen LogP contribution in [0.2, 0.25) is 0 Å². The number of hydrogen-bond donors (Lipinski definition) is 1. The molecule has 2 rings (SSSR count). The van der Waals surface area contributed by atoms with E-state index < -0.39 is 29.2 Å². The third-order valence-electron chi connectivity index (χ3n) is 4.08. The van der Waals surface area contributed by atoms with Gasteiger partial charge in [0.05, 0.1) is 17.2 Å². The van der Waals surface area contributed by atoms with E-state index in [0.717, 1.165) is 25.0 Å². The van der Waals surface area contributed by atoms with Crippen molar-refractivity contribution in [1.29, 1.82) is 0 Å². The zero-order valence-electron chi connectivity index (χ0n) is 11.1. The second-order valence-corrected chi connectivity index (χ2v) is 5.19. The molecule has 1 aromatic rings. The molecule has 2 nitrogen and oxygen atoms in total. The number of methoxy groups -OCH3 is 1. The molecule has 0 radical (unpaired) electrons. The highest BCUT2D eigenvalue weighted by atomic mass is 19.4. The Morgan fingerprint density at radius 3 is 2.35 bits per heavy atom. The van der Waals surface area contributed by atoms with Crippen LogP contribution in [0.15, 0.2) is 18.2 Å². The minimum absolute atomic E-state index is 0.252. The van der Waals surface area contributed by atoms with E-state index in [1.54, 1.807) is 0 Å². The highest BCUT2D eigenvalue weighted by Crippen LogP contribution is 2.42. The third-order valence-corrected chi connectivity index (χ3v) is 4.08. The quantitative estimate of drug-likeness (QED) is 0.860. The fraction of sp³-hybridized carbons (Fsp3) is 0.571. The van der Waals surface area contributed by atoms with Gasteiger partial charge in [0, 0.05) is 7.11 Å². The Kier molecular flexibility index (Phi) is 4.07. The van der Waals surface area contributed by atoms with Crippen LogP contribution in [0, 0.1) is 5.82 Å². The van der Waals surface area contributed by atoms with Crippen LogP contribution in [0.4, 0.5) is 17.6 Å². The molecule has 0 heterocycles. The normalized spacial score (nSPS) is 20.1. The van der Waals surface area contributed by atoms with Gasteiger partial charge >= 0.3 is 6.18 Å². The highest BCUT2D eigenvalue weighted by Gasteiger charge is 2.42. The van der Waals surface area contributed by atoms with Crippen LogP contribution in [0.3, 0.4) is 0 Å². The van der Waals surface area contributed by atoms with E-state index >= 15 is 0 Å². The SMILES string of the molecule is COC1(C(N)c2ccc(F)c(C(F)(F)F)c2)CCCC1. The summed E-state index contributed by atoms with van der Waals surface area (Å²) in [4.78, 5) is 0. The van der Waals surface area contributed by atoms with Gasteiger partial charge in [-0.25, -0.2) is 4.39 Å². The summed E-state index contributed by atoms with van der Waals surface area (Å²) in [5.41, 5.74) is 4.41. The third kappa shape index (κ3) is 2.67. The number of halogens is 4. The molecule has 1 unspecified atom stereocenters. The monoisotopic (exact) mass is 291 g/mol. The van der Waals surface area contributed by atoms with Crippen molar-refractivity contribution in [3.8, 4) is 0 Å². The Morgan fingerprint density at radius 2 is 1.85 bits per heavy atom. The zero-order valence-corrected chi connectivity index (χ0v) is 11.1. The lowest BCUT2D eigenvalue weighted by atomic mass is 9.86. The minimum Gasteiger partial charge on any atom is -0.376 e. The molecule has 1 saturated carbocycles. The number of ether oxygens (including phenoxy) is 1. The zero-order chi connectivity index (χ0) is 15.0. The number of benzene rings is 1. The van der Waals surface area contributed by atoms with Crippen LogP contribution in [0.1, 0.15) is 42.9 Å². The molecule has 0 aromatic heterocycles. The van der Waals surface area contributed by atoms with Gasteiger partial charge in [-0.05, 0) is 30.5 Å². The van der Waals surface area contributed by atoms with Gasteiger partial charge in [0.15, 0.2) is 0 Å². The summed E-state index contributed by atoms with van der Waals surface area (Å²) in [7, 11) is 1.51. The lowest BCUT2D eigenvalue weighted by molar-refractivity contribution is -0.140. The Balaban J connectivity index is 2.38. The number of nitrogens with two attached hydrogens (primary N) is 1. The maximum atomic E-state index is 13.3. The van der Waals surface area contributed by atoms with Gasteiger partial charge in [-0.1, -0.05) is 18.9 Å². The van der Waals surface area contributed by atoms with E-state index in [1.165, 1.54) is 13.2 Å². The van der Waals surface area contributed by atoms with Crippen molar-refractivity contribution in [3.63, 3.8) is 0 Å². The van der Waals surface area contributed by atoms with Crippen LogP contribution >= 0.6 is 0 Å². The molecule has 0 saturated heterocycles. The molecule has 0 spiro atoms. The average molecular weight is 291 g/mol. The first-order valence-corrected chi connectivity index (χ1v) is 6.47. The Hall–Kier alpha value is -1.14. The number of alkyl halides is 3. The fourth-order valence-corrected chi connectivity index (χ4v) is 2.87. The largest absolute Gasteiger partial charge is 0.419 e. The molecule has 1 aromatic carbocycles. The molecule has 2 N–H and O–H groups in total. The second kappa shape index (κ2) is 5.33. The summed E-state index contributed by atoms with van der Waals surface area (Å²) in [5, 5.41) is 0. The van der Waals surface area contributed by atoms with E-state index in [9.17, 15) is 17.6 Å². The predicted octanol–water partition coefficient (Wildman–Crippen LogP) is 3.80. The van der Waals surface area contributed by atoms with E-state index in [-0.39, 0.29) is 5.56 Å². The Labute approximate surface area is 114 Å². The molecular weight excluding hydrogens is 274 g/mol. The van der Waals surface area contributed by atoms with Crippen LogP contribution in [-0.2, 0) is 10.9 Å². The van der Waals surface area contributed by atoms with Crippen LogP contribution in [-0.4, -0.2) is 12.7 Å². The van der Waals surface area contributed by atoms with Gasteiger partial charge in [0.2, 0.25) is 0 Å². The molecule has 1 aliphatic carbocycles. The average Bonchev–Trinajstić information content (AvgIpc) is 2.87. The first-order chi connectivity index (χ1) is 9.30. The minimum atomic E-state index is -4.73. The maximum absolute atomic E-state index is 13.3. The molecule has 0 aliphatic heterocycles. The van der Waals surface area contributed by atoms with Gasteiger partial charge in [0.1, 0.15) is 5.82 Å². The summed E-state index contributed by atoms with van der Waals surface area (Å²) >= 11 is 0. The maximum Gasteiger partial charge on any atom is 0.419 e. The topological polar surface area (TPSA) is 35.2 Å². The molecular formula is C14H17F4NO. The molecule has 20 heavy (non-hydrogen) atoms. The molecule has 112 valence electrons. The Bertz CT molecular complexity index is 481. The van der Waals surface area contributed by atoms with Crippen molar-refractivity contribution in [3.05, 3.63) is 35.1 Å². The van der Waals surface area contributed by atoms with Crippen molar-refractivity contribution < 1.29 is 22.3 Å². The summed E-state index contributed by atoms with van der Waals surface area (Å²) < 4.78 is 57.0. The van der Waals surface area contributed by atoms with Crippen molar-refractivity contribution in [2.75, 3.05) is 7.11 Å². The molecule has 1 fully saturated rings. The van der Waals surface area contributed by atoms with E-state index in [2.05, 4.69) is 0 Å². The predicted molar refractivity (Wildman–Crippen MR) is 66.5 cm³/mol. The van der Waals surface area contributed by atoms with Crippen molar-refractivity contribution in [2.24, 2.45) is 5.73 Å². The van der Waals surface area contributed by atoms with Gasteiger partial charge in [-0.3, -0.25) is 0 Å². The van der Waals surface area contributed by atoms with Crippen LogP contribution in [0.5, 0.6) is 0 Å². The van der Waals surface area contributed by atoms with E-state index in [1.807, 2.05) is 0 Å². The lowest BCUT2D eigenvalue weighted by Gasteiger charge is -2.34. The first kappa shape index (κ1) is 15.3. The van der Waals surface area contributed by atoms with Crippen molar-refractivity contribution >= 4 is 0 Å². The summed E-state index contributed by atoms with van der Waals surface area (Å²) in [6, 6.07) is 2.21. The Morgan fingerprint density at radius 1 is 1.25 bits per heavy atom. The van der Waals surface area contributed by atoms with Gasteiger partial charge in [-0.15, -0.1) is 0 Å². The van der Waals surface area contributed by atoms with Crippen molar-refractivity contribution in [1.82, 2.24) is 0 Å². The standard InChI is InChI=1S/C14H17F4NO/c1-20-13(6-2-3-7-13)12(19)9-4-5-11(15)10(8-9)14(16,17)18/h4-5,8,12H,2-3,6-7,19H2,1H3. The van der Waals surface area contributed by atoms with Gasteiger partial charge in [-0.2, -0.15) is 13.2 Å². The molecule has 1 atom stereocenters. The molecule has 1 aliphatic rings. The summed E-state index contributed by atoms with van der Waals surface area (Å²) in [5.74, 6) is -1.29. The lowest BCUT2D eigenvalue weighted by Crippen LogP contribution is -2.40. The van der Waals surface area contributed by atoms with Crippen LogP contribution < -0.4 is 5.73 Å². The molecule has 6 heteroatoms. The van der Waals surface area contributed by atoms with E-state index in [4.69, 9.17) is 10.5 Å². The molecule has 0 amide bonds. The van der Waals surface area contributed by atoms with Gasteiger partial charge < -0.3 is 10.5 Å². The van der Waals surface area contributed by atoms with E-state index in [0.29, 0.717) is 12.8 Å². The first-order valence-electron chi connectivity index (χ1n) is 6.47. The summed E-state index contributed by atoms with van der Waals surface area (Å²) in [6.07, 6.45) is -1.48. The van der Waals surface area contributed by atoms with Crippen LogP contribution in [0.25, 0.3) is 0 Å². The smallest absolute Gasteiger partial charge is 0.376 e. The highest BCUT2D eigenvalue weighted by molar-refractivity contribution is 5.31. The number of rotatable bonds is 3. The fourth-order valence-electron chi connectivity index (χ4n) is 2.87. The number of hydrogen-bond acceptors (Lipinski definition) is 2.